The van der Waals surface area contributed by atoms with Crippen molar-refractivity contribution in [2.45, 2.75) is 33.8 Å². The van der Waals surface area contributed by atoms with E-state index in [0.717, 1.165) is 22.9 Å². The first kappa shape index (κ1) is 11.2. The Kier molecular flexibility index (Phi) is 3.02. The lowest BCUT2D eigenvalue weighted by atomic mass is 10.3. The summed E-state index contributed by atoms with van der Waals surface area (Å²) in [5.41, 5.74) is 2.58. The van der Waals surface area contributed by atoms with Gasteiger partial charge in [0, 0.05) is 4.88 Å². The highest BCUT2D eigenvalue weighted by Gasteiger charge is 2.14. The maximum absolute atomic E-state index is 9.14. The summed E-state index contributed by atoms with van der Waals surface area (Å²) in [6.07, 6.45) is 0.778. The van der Waals surface area contributed by atoms with E-state index in [4.69, 9.17) is 5.11 Å². The van der Waals surface area contributed by atoms with Crippen molar-refractivity contribution in [3.05, 3.63) is 22.0 Å². The molecule has 86 valence electrons. The molecule has 0 saturated heterocycles. The van der Waals surface area contributed by atoms with Gasteiger partial charge in [0.05, 0.1) is 18.0 Å². The van der Waals surface area contributed by atoms with Crippen LogP contribution < -0.4 is 0 Å². The molecular weight excluding hydrogens is 224 g/mol. The lowest BCUT2D eigenvalue weighted by molar-refractivity contribution is 0.275. The number of hydrogen-bond acceptors (Lipinski definition) is 5. The second-order valence-electron chi connectivity index (χ2n) is 3.54. The van der Waals surface area contributed by atoms with Crippen molar-refractivity contribution in [1.82, 2.24) is 20.0 Å². The van der Waals surface area contributed by atoms with Gasteiger partial charge >= 0.3 is 0 Å². The van der Waals surface area contributed by atoms with Crippen molar-refractivity contribution < 1.29 is 5.11 Å². The molecule has 0 aliphatic carbocycles. The molecule has 16 heavy (non-hydrogen) atoms. The van der Waals surface area contributed by atoms with Crippen LogP contribution in [0, 0.1) is 13.8 Å². The molecule has 0 amide bonds. The number of aliphatic hydroxyl groups excluding tert-OH is 1. The largest absolute Gasteiger partial charge is 0.390 e. The summed E-state index contributed by atoms with van der Waals surface area (Å²) in [4.78, 5) is 5.61. The summed E-state index contributed by atoms with van der Waals surface area (Å²) >= 11 is 1.59. The van der Waals surface area contributed by atoms with E-state index in [1.165, 1.54) is 4.88 Å². The number of aryl methyl sites for hydroxylation is 2. The molecule has 0 radical (unpaired) electrons. The number of nitrogens with zero attached hydrogens (tertiary/aromatic N) is 4. The Morgan fingerprint density at radius 3 is 2.62 bits per heavy atom. The number of thiazole rings is 1. The van der Waals surface area contributed by atoms with Gasteiger partial charge in [0.1, 0.15) is 5.69 Å². The second kappa shape index (κ2) is 4.31. The van der Waals surface area contributed by atoms with Crippen molar-refractivity contribution in [1.29, 1.82) is 0 Å². The van der Waals surface area contributed by atoms with Crippen LogP contribution in [0.4, 0.5) is 0 Å². The SMILES string of the molecule is CCc1c(CO)nnn1-c1nc(C)c(C)s1. The molecule has 2 heterocycles. The summed E-state index contributed by atoms with van der Waals surface area (Å²) in [5.74, 6) is 0. The molecule has 0 bridgehead atoms. The average molecular weight is 238 g/mol. The zero-order chi connectivity index (χ0) is 11.7. The molecule has 2 aromatic rings. The standard InChI is InChI=1S/C10H14N4OS/c1-4-9-8(5-15)12-13-14(9)10-11-6(2)7(3)16-10/h15H,4-5H2,1-3H3. The number of rotatable bonds is 3. The molecule has 0 aliphatic heterocycles. The molecule has 2 aromatic heterocycles. The highest BCUT2D eigenvalue weighted by atomic mass is 32.1. The van der Waals surface area contributed by atoms with Crippen LogP contribution in [0.1, 0.15) is 28.9 Å². The lowest BCUT2D eigenvalue weighted by Gasteiger charge is -2.00. The Hall–Kier alpha value is -1.27. The van der Waals surface area contributed by atoms with E-state index in [1.54, 1.807) is 16.0 Å². The molecule has 1 N–H and O–H groups in total. The van der Waals surface area contributed by atoms with Crippen LogP contribution in [0.15, 0.2) is 0 Å². The van der Waals surface area contributed by atoms with E-state index < -0.39 is 0 Å². The third-order valence-electron chi connectivity index (χ3n) is 2.53. The van der Waals surface area contributed by atoms with Gasteiger partial charge in [-0.2, -0.15) is 4.68 Å². The zero-order valence-corrected chi connectivity index (χ0v) is 10.4. The zero-order valence-electron chi connectivity index (χ0n) is 9.56. The fraction of sp³-hybridized carbons (Fsp3) is 0.500. The summed E-state index contributed by atoms with van der Waals surface area (Å²) in [6, 6.07) is 0. The molecular formula is C10H14N4OS. The second-order valence-corrected chi connectivity index (χ2v) is 4.73. The molecule has 0 aromatic carbocycles. The van der Waals surface area contributed by atoms with Crippen LogP contribution in [0.3, 0.4) is 0 Å². The van der Waals surface area contributed by atoms with Gasteiger partial charge in [-0.3, -0.25) is 0 Å². The van der Waals surface area contributed by atoms with Crippen LogP contribution in [0.25, 0.3) is 5.13 Å². The van der Waals surface area contributed by atoms with Crippen molar-refractivity contribution in [3.63, 3.8) is 0 Å². The Labute approximate surface area is 97.8 Å². The van der Waals surface area contributed by atoms with Gasteiger partial charge in [-0.05, 0) is 20.3 Å². The van der Waals surface area contributed by atoms with Gasteiger partial charge in [-0.25, -0.2) is 4.98 Å². The minimum Gasteiger partial charge on any atom is -0.390 e. The molecule has 0 spiro atoms. The molecule has 6 heteroatoms. The number of hydrogen-bond donors (Lipinski definition) is 1. The van der Waals surface area contributed by atoms with Crippen molar-refractivity contribution in [3.8, 4) is 5.13 Å². The fourth-order valence-electron chi connectivity index (χ4n) is 1.51. The quantitative estimate of drug-likeness (QED) is 0.877. The fourth-order valence-corrected chi connectivity index (χ4v) is 2.39. The molecule has 0 fully saturated rings. The third-order valence-corrected chi connectivity index (χ3v) is 3.58. The first-order valence-corrected chi connectivity index (χ1v) is 5.97. The third kappa shape index (κ3) is 1.74. The van der Waals surface area contributed by atoms with Crippen molar-refractivity contribution in [2.75, 3.05) is 0 Å². The summed E-state index contributed by atoms with van der Waals surface area (Å²) in [7, 11) is 0. The van der Waals surface area contributed by atoms with E-state index in [2.05, 4.69) is 15.3 Å². The molecule has 0 atom stereocenters. The smallest absolute Gasteiger partial charge is 0.212 e. The van der Waals surface area contributed by atoms with Crippen LogP contribution >= 0.6 is 11.3 Å². The number of aliphatic hydroxyl groups is 1. The van der Waals surface area contributed by atoms with Crippen molar-refractivity contribution >= 4 is 11.3 Å². The van der Waals surface area contributed by atoms with Gasteiger partial charge in [-0.15, -0.1) is 5.10 Å². The van der Waals surface area contributed by atoms with E-state index in [-0.39, 0.29) is 6.61 Å². The molecule has 0 saturated carbocycles. The van der Waals surface area contributed by atoms with E-state index in [1.807, 2.05) is 20.8 Å². The van der Waals surface area contributed by atoms with Crippen LogP contribution in [-0.2, 0) is 13.0 Å². The van der Waals surface area contributed by atoms with Crippen LogP contribution in [-0.4, -0.2) is 25.1 Å². The average Bonchev–Trinajstić information content (AvgIpc) is 2.82. The molecule has 5 nitrogen and oxygen atoms in total. The normalized spacial score (nSPS) is 11.0. The first-order valence-electron chi connectivity index (χ1n) is 5.16. The van der Waals surface area contributed by atoms with Gasteiger partial charge in [-0.1, -0.05) is 23.5 Å². The van der Waals surface area contributed by atoms with E-state index in [0.29, 0.717) is 5.69 Å². The highest BCUT2D eigenvalue weighted by molar-refractivity contribution is 7.14. The summed E-state index contributed by atoms with van der Waals surface area (Å²) < 4.78 is 1.72. The summed E-state index contributed by atoms with van der Waals surface area (Å²) in [5, 5.41) is 17.9. The molecule has 0 aliphatic rings. The predicted octanol–water partition coefficient (Wildman–Crippen LogP) is 1.40. The Balaban J connectivity index is 2.51. The maximum Gasteiger partial charge on any atom is 0.212 e. The van der Waals surface area contributed by atoms with Gasteiger partial charge in [0.25, 0.3) is 0 Å². The Bertz CT molecular complexity index is 483. The van der Waals surface area contributed by atoms with Crippen LogP contribution in [0.2, 0.25) is 0 Å². The Morgan fingerprint density at radius 1 is 1.38 bits per heavy atom. The van der Waals surface area contributed by atoms with E-state index in [9.17, 15) is 0 Å². The Morgan fingerprint density at radius 2 is 2.12 bits per heavy atom. The van der Waals surface area contributed by atoms with Gasteiger partial charge < -0.3 is 5.11 Å². The minimum absolute atomic E-state index is 0.0769. The van der Waals surface area contributed by atoms with Crippen LogP contribution in [0.5, 0.6) is 0 Å². The van der Waals surface area contributed by atoms with E-state index >= 15 is 0 Å². The monoisotopic (exact) mass is 238 g/mol. The first-order chi connectivity index (χ1) is 7.67. The lowest BCUT2D eigenvalue weighted by Crippen LogP contribution is -2.02. The van der Waals surface area contributed by atoms with Gasteiger partial charge in [0.15, 0.2) is 0 Å². The maximum atomic E-state index is 9.14. The summed E-state index contributed by atoms with van der Waals surface area (Å²) in [6.45, 7) is 5.95. The predicted molar refractivity (Wildman–Crippen MR) is 61.8 cm³/mol. The molecule has 0 unspecified atom stereocenters. The topological polar surface area (TPSA) is 63.8 Å². The van der Waals surface area contributed by atoms with Crippen molar-refractivity contribution in [2.24, 2.45) is 0 Å². The highest BCUT2D eigenvalue weighted by Crippen LogP contribution is 2.22. The number of aromatic nitrogens is 4. The van der Waals surface area contributed by atoms with Gasteiger partial charge in [0.2, 0.25) is 5.13 Å². The minimum atomic E-state index is -0.0769. The molecule has 2 rings (SSSR count).